The Balaban J connectivity index is 1.29. The highest BCUT2D eigenvalue weighted by Crippen LogP contribution is 2.34. The molecular formula is C22H32N6O2. The molecule has 2 aliphatic heterocycles. The Hall–Kier alpha value is -2.32. The first-order chi connectivity index (χ1) is 14.5. The number of aliphatic hydroxyl groups excluding tert-OH is 2. The number of anilines is 2. The summed E-state index contributed by atoms with van der Waals surface area (Å²) in [5.41, 5.74) is 0. The largest absolute Gasteiger partial charge is 0.385 e. The van der Waals surface area contributed by atoms with Gasteiger partial charge in [-0.25, -0.2) is 19.9 Å². The Bertz CT molecular complexity index is 760. The van der Waals surface area contributed by atoms with Crippen LogP contribution in [-0.2, 0) is 0 Å². The van der Waals surface area contributed by atoms with Crippen molar-refractivity contribution >= 4 is 11.6 Å². The normalized spacial score (nSPS) is 20.9. The second-order valence-corrected chi connectivity index (χ2v) is 8.55. The summed E-state index contributed by atoms with van der Waals surface area (Å²) in [6, 6.07) is 3.88. The topological polar surface area (TPSA) is 98.5 Å². The summed E-state index contributed by atoms with van der Waals surface area (Å²) in [5.74, 6) is 4.33. The highest BCUT2D eigenvalue weighted by atomic mass is 16.3. The molecule has 0 bridgehead atoms. The SMILES string of the molecule is CC(O)c1nccc(N2CCC(C3CCN(c4ccnc(C(C)O)n4)CC3)CC2)n1. The lowest BCUT2D eigenvalue weighted by atomic mass is 9.79. The van der Waals surface area contributed by atoms with Crippen LogP contribution in [0.2, 0.25) is 0 Å². The molecule has 0 radical (unpaired) electrons. The lowest BCUT2D eigenvalue weighted by Gasteiger charge is -2.40. The first-order valence-electron chi connectivity index (χ1n) is 11.0. The zero-order chi connectivity index (χ0) is 21.1. The van der Waals surface area contributed by atoms with Gasteiger partial charge < -0.3 is 20.0 Å². The molecule has 8 heteroatoms. The molecule has 0 amide bonds. The Morgan fingerprint density at radius 3 is 1.43 bits per heavy atom. The van der Waals surface area contributed by atoms with Crippen LogP contribution in [0.4, 0.5) is 11.6 Å². The molecule has 4 rings (SSSR count). The van der Waals surface area contributed by atoms with Gasteiger partial charge in [-0.2, -0.15) is 0 Å². The van der Waals surface area contributed by atoms with Crippen LogP contribution in [0.3, 0.4) is 0 Å². The standard InChI is InChI=1S/C22H32N6O2/c1-15(29)21-23-9-3-19(25-21)27-11-5-17(6-12-27)18-7-13-28(14-8-18)20-4-10-24-22(26-20)16(2)30/h3-4,9-10,15-18,29-30H,5-8,11-14H2,1-2H3. The fraction of sp³-hybridized carbons (Fsp3) is 0.636. The molecule has 8 nitrogen and oxygen atoms in total. The lowest BCUT2D eigenvalue weighted by Crippen LogP contribution is -2.41. The molecule has 2 N–H and O–H groups in total. The Labute approximate surface area is 178 Å². The van der Waals surface area contributed by atoms with Gasteiger partial charge in [-0.15, -0.1) is 0 Å². The van der Waals surface area contributed by atoms with Crippen molar-refractivity contribution in [3.63, 3.8) is 0 Å². The molecule has 0 aromatic carbocycles. The summed E-state index contributed by atoms with van der Waals surface area (Å²) in [5, 5.41) is 19.5. The molecule has 30 heavy (non-hydrogen) atoms. The van der Waals surface area contributed by atoms with Crippen molar-refractivity contribution in [3.8, 4) is 0 Å². The molecule has 2 aromatic rings. The maximum Gasteiger partial charge on any atom is 0.158 e. The second kappa shape index (κ2) is 9.22. The number of hydrogen-bond donors (Lipinski definition) is 2. The second-order valence-electron chi connectivity index (χ2n) is 8.55. The first-order valence-corrected chi connectivity index (χ1v) is 11.0. The number of piperidine rings is 2. The van der Waals surface area contributed by atoms with E-state index in [1.807, 2.05) is 12.1 Å². The number of aliphatic hydroxyl groups is 2. The Morgan fingerprint density at radius 2 is 1.10 bits per heavy atom. The van der Waals surface area contributed by atoms with Crippen LogP contribution in [0.25, 0.3) is 0 Å². The molecular weight excluding hydrogens is 380 g/mol. The molecule has 0 saturated carbocycles. The molecule has 0 spiro atoms. The average Bonchev–Trinajstić information content (AvgIpc) is 2.79. The van der Waals surface area contributed by atoms with Crippen LogP contribution in [0.15, 0.2) is 24.5 Å². The minimum absolute atomic E-state index is 0.491. The van der Waals surface area contributed by atoms with Crippen LogP contribution in [-0.4, -0.2) is 56.3 Å². The molecule has 2 atom stereocenters. The number of hydrogen-bond acceptors (Lipinski definition) is 8. The van der Waals surface area contributed by atoms with Crippen LogP contribution in [0, 0.1) is 11.8 Å². The predicted molar refractivity (Wildman–Crippen MR) is 115 cm³/mol. The number of rotatable bonds is 5. The van der Waals surface area contributed by atoms with Crippen LogP contribution >= 0.6 is 0 Å². The van der Waals surface area contributed by atoms with E-state index in [1.165, 1.54) is 25.7 Å². The fourth-order valence-electron chi connectivity index (χ4n) is 4.68. The van der Waals surface area contributed by atoms with E-state index in [1.54, 1.807) is 26.2 Å². The quantitative estimate of drug-likeness (QED) is 0.773. The molecule has 2 aromatic heterocycles. The van der Waals surface area contributed by atoms with Crippen molar-refractivity contribution in [2.45, 2.75) is 51.7 Å². The molecule has 2 aliphatic rings. The van der Waals surface area contributed by atoms with E-state index >= 15 is 0 Å². The third kappa shape index (κ3) is 4.70. The van der Waals surface area contributed by atoms with Gasteiger partial charge in [-0.3, -0.25) is 0 Å². The Kier molecular flexibility index (Phi) is 6.43. The Morgan fingerprint density at radius 1 is 0.733 bits per heavy atom. The van der Waals surface area contributed by atoms with E-state index in [9.17, 15) is 10.2 Å². The first kappa shape index (κ1) is 20.9. The summed E-state index contributed by atoms with van der Waals surface area (Å²) >= 11 is 0. The van der Waals surface area contributed by atoms with Gasteiger partial charge in [0.15, 0.2) is 11.6 Å². The van der Waals surface area contributed by atoms with Crippen molar-refractivity contribution in [1.29, 1.82) is 0 Å². The maximum atomic E-state index is 9.74. The summed E-state index contributed by atoms with van der Waals surface area (Å²) in [4.78, 5) is 22.0. The van der Waals surface area contributed by atoms with E-state index in [0.29, 0.717) is 11.6 Å². The van der Waals surface area contributed by atoms with E-state index in [4.69, 9.17) is 0 Å². The van der Waals surface area contributed by atoms with Gasteiger partial charge in [0.05, 0.1) is 0 Å². The van der Waals surface area contributed by atoms with Gasteiger partial charge in [-0.05, 0) is 63.5 Å². The number of aromatic nitrogens is 4. The van der Waals surface area contributed by atoms with E-state index < -0.39 is 12.2 Å². The van der Waals surface area contributed by atoms with Crippen molar-refractivity contribution in [1.82, 2.24) is 19.9 Å². The molecule has 2 fully saturated rings. The molecule has 2 saturated heterocycles. The van der Waals surface area contributed by atoms with Crippen LogP contribution < -0.4 is 9.80 Å². The minimum atomic E-state index is -0.640. The average molecular weight is 413 g/mol. The van der Waals surface area contributed by atoms with Crippen LogP contribution in [0.1, 0.15) is 63.4 Å². The van der Waals surface area contributed by atoms with E-state index in [0.717, 1.165) is 49.7 Å². The van der Waals surface area contributed by atoms with Crippen LogP contribution in [0.5, 0.6) is 0 Å². The summed E-state index contributed by atoms with van der Waals surface area (Å²) in [6.45, 7) is 7.42. The van der Waals surface area contributed by atoms with Gasteiger partial charge in [0, 0.05) is 38.6 Å². The smallest absolute Gasteiger partial charge is 0.158 e. The van der Waals surface area contributed by atoms with Gasteiger partial charge in [-0.1, -0.05) is 0 Å². The minimum Gasteiger partial charge on any atom is -0.385 e. The summed E-state index contributed by atoms with van der Waals surface area (Å²) < 4.78 is 0. The molecule has 4 heterocycles. The van der Waals surface area contributed by atoms with Crippen molar-refractivity contribution in [2.24, 2.45) is 11.8 Å². The fourth-order valence-corrected chi connectivity index (χ4v) is 4.68. The summed E-state index contributed by atoms with van der Waals surface area (Å²) in [6.07, 6.45) is 6.91. The molecule has 0 aliphatic carbocycles. The third-order valence-electron chi connectivity index (χ3n) is 6.46. The van der Waals surface area contributed by atoms with Crippen molar-refractivity contribution in [2.75, 3.05) is 36.0 Å². The third-order valence-corrected chi connectivity index (χ3v) is 6.46. The highest BCUT2D eigenvalue weighted by molar-refractivity contribution is 5.39. The summed E-state index contributed by atoms with van der Waals surface area (Å²) in [7, 11) is 0. The van der Waals surface area contributed by atoms with Gasteiger partial charge in [0.2, 0.25) is 0 Å². The highest BCUT2D eigenvalue weighted by Gasteiger charge is 2.30. The predicted octanol–water partition coefficient (Wildman–Crippen LogP) is 2.51. The zero-order valence-corrected chi connectivity index (χ0v) is 17.9. The van der Waals surface area contributed by atoms with Crippen molar-refractivity contribution in [3.05, 3.63) is 36.2 Å². The van der Waals surface area contributed by atoms with Crippen molar-refractivity contribution < 1.29 is 10.2 Å². The van der Waals surface area contributed by atoms with Gasteiger partial charge >= 0.3 is 0 Å². The monoisotopic (exact) mass is 412 g/mol. The number of nitrogens with zero attached hydrogens (tertiary/aromatic N) is 6. The van der Waals surface area contributed by atoms with Gasteiger partial charge in [0.25, 0.3) is 0 Å². The molecule has 162 valence electrons. The zero-order valence-electron chi connectivity index (χ0n) is 17.9. The van der Waals surface area contributed by atoms with Gasteiger partial charge in [0.1, 0.15) is 23.8 Å². The van der Waals surface area contributed by atoms with E-state index in [2.05, 4.69) is 29.7 Å². The molecule has 2 unspecified atom stereocenters. The van der Waals surface area contributed by atoms with E-state index in [-0.39, 0.29) is 0 Å². The lowest BCUT2D eigenvalue weighted by molar-refractivity contribution is 0.188. The maximum absolute atomic E-state index is 9.74.